The fourth-order valence-electron chi connectivity index (χ4n) is 1.52. The second kappa shape index (κ2) is 4.10. The number of non-ortho nitro benzene ring substituents is 1. The Kier molecular flexibility index (Phi) is 2.64. The van der Waals surface area contributed by atoms with Gasteiger partial charge in [-0.05, 0) is 24.6 Å². The molecule has 2 aromatic rings. The van der Waals surface area contributed by atoms with E-state index in [1.807, 2.05) is 25.1 Å². The zero-order chi connectivity index (χ0) is 11.5. The maximum Gasteiger partial charge on any atom is 0.270 e. The number of aryl methyl sites for hydroxylation is 1. The van der Waals surface area contributed by atoms with Crippen LogP contribution in [0.2, 0.25) is 0 Å². The minimum Gasteiger partial charge on any atom is -0.258 e. The van der Waals surface area contributed by atoms with Crippen LogP contribution >= 0.6 is 0 Å². The Morgan fingerprint density at radius 3 is 2.69 bits per heavy atom. The molecule has 1 aromatic heterocycles. The summed E-state index contributed by atoms with van der Waals surface area (Å²) in [4.78, 5) is 14.5. The number of nitrogens with zero attached hydrogens (tertiary/aromatic N) is 2. The molecule has 0 radical (unpaired) electrons. The molecule has 0 bridgehead atoms. The third-order valence-electron chi connectivity index (χ3n) is 2.37. The first-order valence-electron chi connectivity index (χ1n) is 4.85. The molecule has 0 saturated carbocycles. The molecule has 0 atom stereocenters. The van der Waals surface area contributed by atoms with Gasteiger partial charge < -0.3 is 0 Å². The van der Waals surface area contributed by atoms with Gasteiger partial charge >= 0.3 is 0 Å². The molecule has 0 aliphatic heterocycles. The van der Waals surface area contributed by atoms with Crippen molar-refractivity contribution in [3.8, 4) is 11.3 Å². The van der Waals surface area contributed by atoms with Gasteiger partial charge in [-0.15, -0.1) is 0 Å². The van der Waals surface area contributed by atoms with E-state index in [1.165, 1.54) is 6.07 Å². The third kappa shape index (κ3) is 1.91. The molecule has 0 unspecified atom stereocenters. The van der Waals surface area contributed by atoms with Crippen LogP contribution in [-0.4, -0.2) is 9.91 Å². The molecule has 16 heavy (non-hydrogen) atoms. The molecule has 0 saturated heterocycles. The molecule has 80 valence electrons. The number of aromatic nitrogens is 1. The third-order valence-corrected chi connectivity index (χ3v) is 2.37. The Hall–Kier alpha value is -2.23. The van der Waals surface area contributed by atoms with E-state index in [-0.39, 0.29) is 5.69 Å². The number of benzene rings is 1. The maximum atomic E-state index is 10.7. The summed E-state index contributed by atoms with van der Waals surface area (Å²) in [7, 11) is 0. The first-order valence-corrected chi connectivity index (χ1v) is 4.85. The minimum absolute atomic E-state index is 0.0891. The molecule has 0 amide bonds. The highest BCUT2D eigenvalue weighted by atomic mass is 16.6. The van der Waals surface area contributed by atoms with Gasteiger partial charge in [-0.25, -0.2) is 0 Å². The summed E-state index contributed by atoms with van der Waals surface area (Å²) in [5, 5.41) is 10.7. The van der Waals surface area contributed by atoms with Crippen LogP contribution in [0.15, 0.2) is 42.6 Å². The molecule has 0 aliphatic carbocycles. The average molecular weight is 214 g/mol. The van der Waals surface area contributed by atoms with Crippen LogP contribution in [0.25, 0.3) is 11.3 Å². The van der Waals surface area contributed by atoms with Gasteiger partial charge in [0, 0.05) is 23.9 Å². The quantitative estimate of drug-likeness (QED) is 0.570. The number of pyridine rings is 1. The van der Waals surface area contributed by atoms with Crippen molar-refractivity contribution in [3.05, 3.63) is 58.3 Å². The normalized spacial score (nSPS) is 10.1. The monoisotopic (exact) mass is 214 g/mol. The maximum absolute atomic E-state index is 10.7. The van der Waals surface area contributed by atoms with Crippen molar-refractivity contribution in [1.82, 2.24) is 4.98 Å². The molecule has 0 spiro atoms. The van der Waals surface area contributed by atoms with Crippen molar-refractivity contribution in [1.29, 1.82) is 0 Å². The lowest BCUT2D eigenvalue weighted by Gasteiger charge is -2.04. The van der Waals surface area contributed by atoms with Gasteiger partial charge in [0.15, 0.2) is 0 Å². The van der Waals surface area contributed by atoms with Gasteiger partial charge in [0.25, 0.3) is 5.69 Å². The van der Waals surface area contributed by atoms with Crippen molar-refractivity contribution in [3.63, 3.8) is 0 Å². The molecular weight excluding hydrogens is 204 g/mol. The van der Waals surface area contributed by atoms with E-state index in [1.54, 1.807) is 18.3 Å². The van der Waals surface area contributed by atoms with Crippen LogP contribution in [0, 0.1) is 17.0 Å². The molecule has 0 aliphatic rings. The zero-order valence-electron chi connectivity index (χ0n) is 8.75. The summed E-state index contributed by atoms with van der Waals surface area (Å²) < 4.78 is 0. The number of hydrogen-bond acceptors (Lipinski definition) is 3. The first-order chi connectivity index (χ1) is 7.68. The van der Waals surface area contributed by atoms with Crippen LogP contribution in [-0.2, 0) is 0 Å². The fourth-order valence-corrected chi connectivity index (χ4v) is 1.52. The van der Waals surface area contributed by atoms with E-state index >= 15 is 0 Å². The van der Waals surface area contributed by atoms with Gasteiger partial charge in [0.1, 0.15) is 0 Å². The topological polar surface area (TPSA) is 56.0 Å². The lowest BCUT2D eigenvalue weighted by Crippen LogP contribution is -1.91. The Morgan fingerprint density at radius 1 is 1.25 bits per heavy atom. The van der Waals surface area contributed by atoms with Gasteiger partial charge in [-0.1, -0.05) is 12.1 Å². The minimum atomic E-state index is -0.397. The summed E-state index contributed by atoms with van der Waals surface area (Å²) in [6, 6.07) is 10.3. The van der Waals surface area contributed by atoms with Crippen LogP contribution in [0.1, 0.15) is 5.56 Å². The van der Waals surface area contributed by atoms with Crippen molar-refractivity contribution in [2.75, 3.05) is 0 Å². The highest BCUT2D eigenvalue weighted by Gasteiger charge is 2.10. The number of nitro benzene ring substituents is 1. The van der Waals surface area contributed by atoms with Gasteiger partial charge in [-0.2, -0.15) is 0 Å². The highest BCUT2D eigenvalue weighted by molar-refractivity contribution is 5.66. The van der Waals surface area contributed by atoms with Crippen molar-refractivity contribution in [2.45, 2.75) is 6.92 Å². The largest absolute Gasteiger partial charge is 0.270 e. The Bertz CT molecular complexity index is 524. The molecule has 2 rings (SSSR count). The second-order valence-electron chi connectivity index (χ2n) is 3.47. The zero-order valence-corrected chi connectivity index (χ0v) is 8.75. The van der Waals surface area contributed by atoms with Crippen LogP contribution < -0.4 is 0 Å². The van der Waals surface area contributed by atoms with Crippen molar-refractivity contribution >= 4 is 5.69 Å². The van der Waals surface area contributed by atoms with E-state index in [9.17, 15) is 10.1 Å². The second-order valence-corrected chi connectivity index (χ2v) is 3.47. The van der Waals surface area contributed by atoms with E-state index in [2.05, 4.69) is 4.98 Å². The fraction of sp³-hybridized carbons (Fsp3) is 0.0833. The average Bonchev–Trinajstić information content (AvgIpc) is 2.30. The predicted molar refractivity (Wildman–Crippen MR) is 61.1 cm³/mol. The number of nitro groups is 1. The lowest BCUT2D eigenvalue weighted by atomic mass is 10.0. The van der Waals surface area contributed by atoms with E-state index in [0.717, 1.165) is 16.8 Å². The smallest absolute Gasteiger partial charge is 0.258 e. The van der Waals surface area contributed by atoms with Gasteiger partial charge in [-0.3, -0.25) is 15.1 Å². The summed E-state index contributed by atoms with van der Waals surface area (Å²) in [5.74, 6) is 0. The summed E-state index contributed by atoms with van der Waals surface area (Å²) >= 11 is 0. The highest BCUT2D eigenvalue weighted by Crippen LogP contribution is 2.25. The van der Waals surface area contributed by atoms with Crippen molar-refractivity contribution < 1.29 is 4.92 Å². The van der Waals surface area contributed by atoms with Crippen LogP contribution in [0.5, 0.6) is 0 Å². The van der Waals surface area contributed by atoms with E-state index < -0.39 is 4.92 Å². The Morgan fingerprint density at radius 2 is 2.06 bits per heavy atom. The molecule has 1 heterocycles. The van der Waals surface area contributed by atoms with Crippen LogP contribution in [0.4, 0.5) is 5.69 Å². The van der Waals surface area contributed by atoms with E-state index in [4.69, 9.17) is 0 Å². The summed E-state index contributed by atoms with van der Waals surface area (Å²) in [6.07, 6.45) is 1.67. The molecule has 0 fully saturated rings. The lowest BCUT2D eigenvalue weighted by molar-refractivity contribution is -0.384. The Labute approximate surface area is 92.7 Å². The number of hydrogen-bond donors (Lipinski definition) is 0. The predicted octanol–water partition coefficient (Wildman–Crippen LogP) is 2.97. The molecule has 1 aromatic carbocycles. The van der Waals surface area contributed by atoms with Crippen molar-refractivity contribution in [2.24, 2.45) is 0 Å². The van der Waals surface area contributed by atoms with Gasteiger partial charge in [0.2, 0.25) is 0 Å². The molecular formula is C12H10N2O2. The molecule has 4 nitrogen and oxygen atoms in total. The number of rotatable bonds is 2. The first kappa shape index (κ1) is 10.3. The molecule has 0 N–H and O–H groups in total. The standard InChI is InChI=1S/C12H10N2O2/c1-9-5-6-10(14(15)16)8-11(9)12-4-2-3-7-13-12/h2-8H,1H3. The molecule has 4 heteroatoms. The summed E-state index contributed by atoms with van der Waals surface area (Å²) in [5.41, 5.74) is 2.62. The summed E-state index contributed by atoms with van der Waals surface area (Å²) in [6.45, 7) is 1.91. The SMILES string of the molecule is Cc1ccc([N+](=O)[O-])cc1-c1ccccn1. The Balaban J connectivity index is 2.56. The van der Waals surface area contributed by atoms with Crippen LogP contribution in [0.3, 0.4) is 0 Å². The van der Waals surface area contributed by atoms with E-state index in [0.29, 0.717) is 0 Å². The van der Waals surface area contributed by atoms with Gasteiger partial charge in [0.05, 0.1) is 10.6 Å².